The van der Waals surface area contributed by atoms with Gasteiger partial charge < -0.3 is 14.9 Å². The Balaban J connectivity index is 1.64. The molecule has 0 aromatic carbocycles. The van der Waals surface area contributed by atoms with E-state index >= 15 is 0 Å². The molecule has 1 unspecified atom stereocenters. The van der Waals surface area contributed by atoms with Crippen LogP contribution in [0.2, 0.25) is 0 Å². The van der Waals surface area contributed by atoms with Crippen molar-refractivity contribution in [2.24, 2.45) is 17.9 Å². The topological polar surface area (TPSA) is 83.6 Å². The van der Waals surface area contributed by atoms with Crippen LogP contribution in [0.5, 0.6) is 0 Å². The van der Waals surface area contributed by atoms with Crippen molar-refractivity contribution in [3.8, 4) is 0 Å². The fourth-order valence-electron chi connectivity index (χ4n) is 4.90. The fraction of sp³-hybridized carbons (Fsp3) is 0.667. The molecule has 2 aromatic rings. The maximum atomic E-state index is 12.8. The number of amides is 1. The first-order valence-electron chi connectivity index (χ1n) is 10.4. The molecule has 2 aliphatic rings. The van der Waals surface area contributed by atoms with Crippen LogP contribution in [0.4, 0.5) is 10.6 Å². The van der Waals surface area contributed by atoms with E-state index in [0.29, 0.717) is 25.3 Å². The van der Waals surface area contributed by atoms with Gasteiger partial charge in [-0.3, -0.25) is 9.13 Å². The van der Waals surface area contributed by atoms with E-state index in [0.717, 1.165) is 43.7 Å². The van der Waals surface area contributed by atoms with Gasteiger partial charge in [-0.15, -0.1) is 0 Å². The SMILES string of the molecule is Cn1c(=O)n(CC(C)(C)C)c2ccc(N3CCCC4(CCN(C(=O)O)C4)C3)nc21. The molecule has 1 atom stereocenters. The number of nitrogens with zero attached hydrogens (tertiary/aromatic N) is 5. The fourth-order valence-corrected chi connectivity index (χ4v) is 4.90. The van der Waals surface area contributed by atoms with Crippen molar-refractivity contribution in [1.82, 2.24) is 19.0 Å². The molecule has 4 rings (SSSR count). The van der Waals surface area contributed by atoms with Crippen LogP contribution in [0.25, 0.3) is 11.2 Å². The van der Waals surface area contributed by atoms with Gasteiger partial charge >= 0.3 is 11.8 Å². The zero-order valence-corrected chi connectivity index (χ0v) is 17.8. The summed E-state index contributed by atoms with van der Waals surface area (Å²) in [7, 11) is 1.78. The number of likely N-dealkylation sites (tertiary alicyclic amines) is 1. The number of hydrogen-bond acceptors (Lipinski definition) is 4. The zero-order chi connectivity index (χ0) is 21.0. The standard InChI is InChI=1S/C21H31N5O3/c1-20(2,3)12-26-15-6-7-16(22-17(15)23(4)18(26)27)24-10-5-8-21(13-24)9-11-25(14-21)19(28)29/h6-7H,5,8-14H2,1-4H3,(H,28,29). The van der Waals surface area contributed by atoms with Gasteiger partial charge in [-0.05, 0) is 36.8 Å². The van der Waals surface area contributed by atoms with E-state index in [2.05, 4.69) is 25.7 Å². The van der Waals surface area contributed by atoms with Crippen molar-refractivity contribution >= 4 is 23.1 Å². The third-order valence-corrected chi connectivity index (χ3v) is 6.29. The summed E-state index contributed by atoms with van der Waals surface area (Å²) in [5.74, 6) is 0.869. The van der Waals surface area contributed by atoms with E-state index in [1.807, 2.05) is 16.7 Å². The summed E-state index contributed by atoms with van der Waals surface area (Å²) in [5, 5.41) is 9.33. The Morgan fingerprint density at radius 2 is 1.97 bits per heavy atom. The van der Waals surface area contributed by atoms with Crippen molar-refractivity contribution in [2.45, 2.75) is 46.6 Å². The summed E-state index contributed by atoms with van der Waals surface area (Å²) in [6.45, 7) is 9.93. The monoisotopic (exact) mass is 401 g/mol. The molecule has 2 fully saturated rings. The van der Waals surface area contributed by atoms with Crippen molar-refractivity contribution in [3.63, 3.8) is 0 Å². The van der Waals surface area contributed by atoms with Gasteiger partial charge in [-0.25, -0.2) is 14.6 Å². The molecule has 8 nitrogen and oxygen atoms in total. The summed E-state index contributed by atoms with van der Waals surface area (Å²) < 4.78 is 3.44. The van der Waals surface area contributed by atoms with Crippen LogP contribution in [0.1, 0.15) is 40.0 Å². The van der Waals surface area contributed by atoms with Crippen LogP contribution in [-0.2, 0) is 13.6 Å². The molecule has 0 aliphatic carbocycles. The number of carbonyl (C=O) groups is 1. The van der Waals surface area contributed by atoms with Gasteiger partial charge in [0.05, 0.1) is 5.52 Å². The highest BCUT2D eigenvalue weighted by atomic mass is 16.4. The van der Waals surface area contributed by atoms with Gasteiger partial charge in [-0.1, -0.05) is 20.8 Å². The van der Waals surface area contributed by atoms with Gasteiger partial charge in [-0.2, -0.15) is 0 Å². The van der Waals surface area contributed by atoms with Crippen molar-refractivity contribution in [3.05, 3.63) is 22.6 Å². The molecule has 2 saturated heterocycles. The third kappa shape index (κ3) is 3.60. The van der Waals surface area contributed by atoms with Gasteiger partial charge in [0.15, 0.2) is 5.65 Å². The van der Waals surface area contributed by atoms with E-state index < -0.39 is 6.09 Å². The molecular formula is C21H31N5O3. The Morgan fingerprint density at radius 1 is 1.21 bits per heavy atom. The van der Waals surface area contributed by atoms with Crippen LogP contribution in [0, 0.1) is 10.8 Å². The molecule has 2 aliphatic heterocycles. The summed E-state index contributed by atoms with van der Waals surface area (Å²) in [4.78, 5) is 32.8. The Bertz CT molecular complexity index is 1000. The van der Waals surface area contributed by atoms with Crippen molar-refractivity contribution < 1.29 is 9.90 Å². The van der Waals surface area contributed by atoms with Crippen LogP contribution in [0.3, 0.4) is 0 Å². The normalized spacial score (nSPS) is 22.8. The first-order valence-corrected chi connectivity index (χ1v) is 10.4. The summed E-state index contributed by atoms with van der Waals surface area (Å²) in [5.41, 5.74) is 1.53. The second-order valence-corrected chi connectivity index (χ2v) is 9.98. The number of carboxylic acid groups (broad SMARTS) is 1. The lowest BCUT2D eigenvalue weighted by Gasteiger charge is -2.40. The average molecular weight is 402 g/mol. The predicted molar refractivity (Wildman–Crippen MR) is 113 cm³/mol. The Labute approximate surface area is 170 Å². The molecule has 0 radical (unpaired) electrons. The van der Waals surface area contributed by atoms with Crippen molar-refractivity contribution in [1.29, 1.82) is 0 Å². The molecule has 4 heterocycles. The van der Waals surface area contributed by atoms with Crippen LogP contribution < -0.4 is 10.6 Å². The first-order chi connectivity index (χ1) is 13.6. The molecule has 8 heteroatoms. The lowest BCUT2D eigenvalue weighted by atomic mass is 9.79. The third-order valence-electron chi connectivity index (χ3n) is 6.29. The predicted octanol–water partition coefficient (Wildman–Crippen LogP) is 2.75. The second kappa shape index (κ2) is 6.78. The molecule has 0 bridgehead atoms. The van der Waals surface area contributed by atoms with Gasteiger partial charge in [0.25, 0.3) is 0 Å². The molecule has 1 amide bonds. The first kappa shape index (κ1) is 19.8. The molecule has 158 valence electrons. The highest BCUT2D eigenvalue weighted by Crippen LogP contribution is 2.40. The van der Waals surface area contributed by atoms with Crippen LogP contribution in [0.15, 0.2) is 16.9 Å². The highest BCUT2D eigenvalue weighted by Gasteiger charge is 2.43. The minimum Gasteiger partial charge on any atom is -0.465 e. The van der Waals surface area contributed by atoms with E-state index in [4.69, 9.17) is 4.98 Å². The number of fused-ring (bicyclic) bond motifs is 1. The Morgan fingerprint density at radius 3 is 2.62 bits per heavy atom. The number of aryl methyl sites for hydroxylation is 1. The molecule has 1 N–H and O–H groups in total. The molecule has 29 heavy (non-hydrogen) atoms. The minimum absolute atomic E-state index is 0.00544. The van der Waals surface area contributed by atoms with Gasteiger partial charge in [0.2, 0.25) is 0 Å². The number of piperidine rings is 1. The number of hydrogen-bond donors (Lipinski definition) is 1. The Hall–Kier alpha value is -2.51. The molecule has 1 spiro atoms. The highest BCUT2D eigenvalue weighted by molar-refractivity contribution is 5.74. The number of aromatic nitrogens is 3. The number of rotatable bonds is 2. The van der Waals surface area contributed by atoms with E-state index in [1.54, 1.807) is 11.6 Å². The average Bonchev–Trinajstić information content (AvgIpc) is 3.16. The largest absolute Gasteiger partial charge is 0.465 e. The van der Waals surface area contributed by atoms with Crippen molar-refractivity contribution in [2.75, 3.05) is 31.1 Å². The molecular weight excluding hydrogens is 370 g/mol. The van der Waals surface area contributed by atoms with E-state index in [9.17, 15) is 14.7 Å². The maximum absolute atomic E-state index is 12.8. The summed E-state index contributed by atoms with van der Waals surface area (Å²) in [6, 6.07) is 4.01. The van der Waals surface area contributed by atoms with Crippen LogP contribution in [-0.4, -0.2) is 56.4 Å². The smallest absolute Gasteiger partial charge is 0.407 e. The number of pyridine rings is 1. The summed E-state index contributed by atoms with van der Waals surface area (Å²) in [6.07, 6.45) is 2.15. The number of imidazole rings is 1. The molecule has 0 saturated carbocycles. The molecule has 2 aromatic heterocycles. The van der Waals surface area contributed by atoms with Gasteiger partial charge in [0.1, 0.15) is 5.82 Å². The summed E-state index contributed by atoms with van der Waals surface area (Å²) >= 11 is 0. The van der Waals surface area contributed by atoms with E-state index in [1.165, 1.54) is 4.90 Å². The quantitative estimate of drug-likeness (QED) is 0.837. The zero-order valence-electron chi connectivity index (χ0n) is 17.8. The lowest BCUT2D eigenvalue weighted by molar-refractivity contribution is 0.145. The maximum Gasteiger partial charge on any atom is 0.407 e. The van der Waals surface area contributed by atoms with Crippen LogP contribution >= 0.6 is 0 Å². The van der Waals surface area contributed by atoms with Gasteiger partial charge in [0, 0.05) is 45.2 Å². The lowest BCUT2D eigenvalue weighted by Crippen LogP contribution is -2.45. The second-order valence-electron chi connectivity index (χ2n) is 9.98. The number of anilines is 1. The van der Waals surface area contributed by atoms with E-state index in [-0.39, 0.29) is 16.5 Å². The Kier molecular flexibility index (Phi) is 4.63. The minimum atomic E-state index is -0.825.